The summed E-state index contributed by atoms with van der Waals surface area (Å²) in [5.41, 5.74) is 0.968. The van der Waals surface area contributed by atoms with Gasteiger partial charge in [-0.25, -0.2) is 4.98 Å². The molecule has 4 nitrogen and oxygen atoms in total. The molecule has 0 aromatic carbocycles. The first kappa shape index (κ1) is 11.9. The molecule has 7 heteroatoms. The molecule has 0 saturated heterocycles. The van der Waals surface area contributed by atoms with Crippen molar-refractivity contribution < 1.29 is 5.11 Å². The molecule has 0 aliphatic rings. The predicted octanol–water partition coefficient (Wildman–Crippen LogP) is 2.48. The Morgan fingerprint density at radius 1 is 1.62 bits per heavy atom. The molecule has 0 aliphatic carbocycles. The van der Waals surface area contributed by atoms with Gasteiger partial charge >= 0.3 is 0 Å². The molecule has 0 radical (unpaired) electrons. The van der Waals surface area contributed by atoms with Gasteiger partial charge in [-0.1, -0.05) is 11.6 Å². The van der Waals surface area contributed by atoms with E-state index in [1.807, 2.05) is 20.0 Å². The molecule has 0 spiro atoms. The number of nitrogens with zero attached hydrogens (tertiary/aromatic N) is 3. The molecule has 86 valence electrons. The van der Waals surface area contributed by atoms with E-state index >= 15 is 0 Å². The number of halogens is 1. The molecule has 2 aromatic heterocycles. The summed E-state index contributed by atoms with van der Waals surface area (Å²) in [6.07, 6.45) is 0. The van der Waals surface area contributed by atoms with Crippen LogP contribution in [0.5, 0.6) is 0 Å². The lowest BCUT2D eigenvalue weighted by atomic mass is 10.5. The monoisotopic (exact) mass is 275 g/mol. The van der Waals surface area contributed by atoms with Gasteiger partial charge in [-0.3, -0.25) is 4.68 Å². The Kier molecular flexibility index (Phi) is 3.53. The summed E-state index contributed by atoms with van der Waals surface area (Å²) in [5, 5.41) is 14.7. The number of hydrogen-bond acceptors (Lipinski definition) is 5. The van der Waals surface area contributed by atoms with Crippen LogP contribution in [0.15, 0.2) is 15.4 Å². The minimum atomic E-state index is -0.0680. The maximum Gasteiger partial charge on any atom is 0.158 e. The van der Waals surface area contributed by atoms with E-state index in [0.717, 1.165) is 15.1 Å². The molecule has 0 fully saturated rings. The van der Waals surface area contributed by atoms with Gasteiger partial charge in [0, 0.05) is 7.05 Å². The van der Waals surface area contributed by atoms with Gasteiger partial charge < -0.3 is 5.11 Å². The van der Waals surface area contributed by atoms with E-state index in [4.69, 9.17) is 16.7 Å². The van der Waals surface area contributed by atoms with E-state index in [-0.39, 0.29) is 6.61 Å². The summed E-state index contributed by atoms with van der Waals surface area (Å²) in [6, 6.07) is 1.98. The normalized spacial score (nSPS) is 11.0. The molecule has 0 bridgehead atoms. The standard InChI is InChI=1S/C9H10ClN3OS2/c1-5-3-7(13(2)12-5)16-9-11-8(10)6(4-14)15-9/h3,14H,4H2,1-2H3. The fourth-order valence-corrected chi connectivity index (χ4v) is 3.57. The molecule has 2 heterocycles. The molecular formula is C9H10ClN3OS2. The SMILES string of the molecule is Cc1cc(Sc2nc(Cl)c(CO)s2)n(C)n1. The highest BCUT2D eigenvalue weighted by atomic mass is 35.5. The number of aliphatic hydroxyl groups excluding tert-OH is 1. The van der Waals surface area contributed by atoms with Crippen molar-refractivity contribution in [3.8, 4) is 0 Å². The van der Waals surface area contributed by atoms with Gasteiger partial charge in [-0.05, 0) is 24.8 Å². The Hall–Kier alpha value is -0.560. The van der Waals surface area contributed by atoms with Crippen LogP contribution in [-0.4, -0.2) is 19.9 Å². The van der Waals surface area contributed by atoms with Crippen LogP contribution in [0.25, 0.3) is 0 Å². The van der Waals surface area contributed by atoms with Crippen LogP contribution >= 0.6 is 34.7 Å². The van der Waals surface area contributed by atoms with Gasteiger partial charge in [0.15, 0.2) is 4.34 Å². The van der Waals surface area contributed by atoms with Crippen molar-refractivity contribution >= 4 is 34.7 Å². The van der Waals surface area contributed by atoms with Gasteiger partial charge in [0.25, 0.3) is 0 Å². The highest BCUT2D eigenvalue weighted by molar-refractivity contribution is 8.01. The smallest absolute Gasteiger partial charge is 0.158 e. The second-order valence-electron chi connectivity index (χ2n) is 3.20. The van der Waals surface area contributed by atoms with E-state index < -0.39 is 0 Å². The van der Waals surface area contributed by atoms with Gasteiger partial charge in [0.2, 0.25) is 0 Å². The minimum absolute atomic E-state index is 0.0680. The summed E-state index contributed by atoms with van der Waals surface area (Å²) < 4.78 is 2.62. The zero-order valence-corrected chi connectivity index (χ0v) is 11.2. The fourth-order valence-electron chi connectivity index (χ4n) is 1.23. The van der Waals surface area contributed by atoms with Crippen LogP contribution in [0, 0.1) is 6.92 Å². The predicted molar refractivity (Wildman–Crippen MR) is 65.1 cm³/mol. The van der Waals surface area contributed by atoms with Crippen LogP contribution in [0.2, 0.25) is 5.15 Å². The van der Waals surface area contributed by atoms with Crippen LogP contribution in [-0.2, 0) is 13.7 Å². The van der Waals surface area contributed by atoms with Gasteiger partial charge in [-0.2, -0.15) is 5.10 Å². The third kappa shape index (κ3) is 2.40. The van der Waals surface area contributed by atoms with E-state index in [2.05, 4.69) is 10.1 Å². The van der Waals surface area contributed by atoms with E-state index in [9.17, 15) is 0 Å². The van der Waals surface area contributed by atoms with Gasteiger partial charge in [0.1, 0.15) is 10.2 Å². The number of rotatable bonds is 3. The first-order chi connectivity index (χ1) is 7.60. The molecular weight excluding hydrogens is 266 g/mol. The largest absolute Gasteiger partial charge is 0.391 e. The third-order valence-corrected chi connectivity index (χ3v) is 4.54. The molecule has 0 unspecified atom stereocenters. The molecule has 0 atom stereocenters. The second-order valence-corrected chi connectivity index (χ2v) is 5.91. The molecule has 16 heavy (non-hydrogen) atoms. The van der Waals surface area contributed by atoms with Crippen LogP contribution in [0.1, 0.15) is 10.6 Å². The Labute approximate surface area is 106 Å². The minimum Gasteiger partial charge on any atom is -0.391 e. The van der Waals surface area contributed by atoms with Crippen molar-refractivity contribution in [3.63, 3.8) is 0 Å². The molecule has 1 N–H and O–H groups in total. The molecule has 0 aliphatic heterocycles. The van der Waals surface area contributed by atoms with E-state index in [1.165, 1.54) is 23.1 Å². The Morgan fingerprint density at radius 3 is 2.88 bits per heavy atom. The van der Waals surface area contributed by atoms with Crippen molar-refractivity contribution in [1.82, 2.24) is 14.8 Å². The number of aliphatic hydroxyl groups is 1. The Bertz CT molecular complexity index is 509. The van der Waals surface area contributed by atoms with Crippen molar-refractivity contribution in [1.29, 1.82) is 0 Å². The van der Waals surface area contributed by atoms with Crippen molar-refractivity contribution in [3.05, 3.63) is 21.8 Å². The van der Waals surface area contributed by atoms with Crippen molar-refractivity contribution in [2.75, 3.05) is 0 Å². The Balaban J connectivity index is 2.23. The summed E-state index contributed by atoms with van der Waals surface area (Å²) in [4.78, 5) is 4.87. The quantitative estimate of drug-likeness (QED) is 0.935. The van der Waals surface area contributed by atoms with Gasteiger partial charge in [0.05, 0.1) is 17.2 Å². The summed E-state index contributed by atoms with van der Waals surface area (Å²) in [6.45, 7) is 1.87. The number of hydrogen-bond donors (Lipinski definition) is 1. The zero-order chi connectivity index (χ0) is 11.7. The zero-order valence-electron chi connectivity index (χ0n) is 8.77. The topological polar surface area (TPSA) is 50.9 Å². The lowest BCUT2D eigenvalue weighted by Gasteiger charge is -1.96. The number of aryl methyl sites for hydroxylation is 2. The summed E-state index contributed by atoms with van der Waals surface area (Å²) >= 11 is 8.76. The molecule has 2 aromatic rings. The Morgan fingerprint density at radius 2 is 2.38 bits per heavy atom. The molecule has 0 amide bonds. The highest BCUT2D eigenvalue weighted by Gasteiger charge is 2.11. The average Bonchev–Trinajstić information content (AvgIpc) is 2.71. The van der Waals surface area contributed by atoms with Crippen molar-refractivity contribution in [2.24, 2.45) is 7.05 Å². The van der Waals surface area contributed by atoms with Crippen LogP contribution < -0.4 is 0 Å². The first-order valence-corrected chi connectivity index (χ1v) is 6.56. The maximum atomic E-state index is 9.02. The third-order valence-electron chi connectivity index (χ3n) is 1.92. The maximum absolute atomic E-state index is 9.02. The fraction of sp³-hybridized carbons (Fsp3) is 0.333. The van der Waals surface area contributed by atoms with Gasteiger partial charge in [-0.15, -0.1) is 11.3 Å². The summed E-state index contributed by atoms with van der Waals surface area (Å²) in [5.74, 6) is 0. The number of thiazole rings is 1. The average molecular weight is 276 g/mol. The van der Waals surface area contributed by atoms with Crippen molar-refractivity contribution in [2.45, 2.75) is 22.9 Å². The lowest BCUT2D eigenvalue weighted by molar-refractivity contribution is 0.285. The van der Waals surface area contributed by atoms with E-state index in [0.29, 0.717) is 10.0 Å². The lowest BCUT2D eigenvalue weighted by Crippen LogP contribution is -1.91. The molecule has 0 saturated carbocycles. The summed E-state index contributed by atoms with van der Waals surface area (Å²) in [7, 11) is 1.89. The number of aromatic nitrogens is 3. The van der Waals surface area contributed by atoms with Crippen LogP contribution in [0.4, 0.5) is 0 Å². The van der Waals surface area contributed by atoms with Crippen LogP contribution in [0.3, 0.4) is 0 Å². The first-order valence-electron chi connectivity index (χ1n) is 4.54. The van der Waals surface area contributed by atoms with E-state index in [1.54, 1.807) is 4.68 Å². The molecule has 2 rings (SSSR count). The highest BCUT2D eigenvalue weighted by Crippen LogP contribution is 2.34. The second kappa shape index (κ2) is 4.75.